The molecule has 6 heteroatoms. The van der Waals surface area contributed by atoms with E-state index in [4.69, 9.17) is 5.84 Å². The first kappa shape index (κ1) is 14.7. The minimum Gasteiger partial charge on any atom is -0.308 e. The van der Waals surface area contributed by atoms with Crippen molar-refractivity contribution in [3.05, 3.63) is 41.5 Å². The van der Waals surface area contributed by atoms with E-state index < -0.39 is 0 Å². The largest absolute Gasteiger partial charge is 0.308 e. The van der Waals surface area contributed by atoms with E-state index >= 15 is 0 Å². The van der Waals surface area contributed by atoms with E-state index in [2.05, 4.69) is 15.4 Å². The highest BCUT2D eigenvalue weighted by atomic mass is 32.2. The maximum absolute atomic E-state index is 13.7. The molecular formula is C14H17FN4S. The van der Waals surface area contributed by atoms with Crippen molar-refractivity contribution in [1.29, 1.82) is 0 Å². The van der Waals surface area contributed by atoms with E-state index in [0.717, 1.165) is 5.56 Å². The van der Waals surface area contributed by atoms with E-state index in [0.29, 0.717) is 21.6 Å². The van der Waals surface area contributed by atoms with Crippen LogP contribution in [0.5, 0.6) is 0 Å². The van der Waals surface area contributed by atoms with Gasteiger partial charge >= 0.3 is 0 Å². The van der Waals surface area contributed by atoms with Crippen molar-refractivity contribution in [3.8, 4) is 0 Å². The summed E-state index contributed by atoms with van der Waals surface area (Å²) < 4.78 is 13.7. The second-order valence-corrected chi connectivity index (χ2v) is 5.72. The molecular weight excluding hydrogens is 275 g/mol. The Bertz CT molecular complexity index is 616. The number of anilines is 1. The summed E-state index contributed by atoms with van der Waals surface area (Å²) in [6.45, 7) is 5.87. The van der Waals surface area contributed by atoms with E-state index in [1.165, 1.54) is 17.8 Å². The zero-order valence-electron chi connectivity index (χ0n) is 11.6. The average Bonchev–Trinajstić information content (AvgIpc) is 2.43. The van der Waals surface area contributed by atoms with Gasteiger partial charge in [-0.1, -0.05) is 37.7 Å². The Labute approximate surface area is 122 Å². The van der Waals surface area contributed by atoms with Crippen LogP contribution in [-0.2, 0) is 0 Å². The monoisotopic (exact) mass is 292 g/mol. The first-order chi connectivity index (χ1) is 9.52. The Morgan fingerprint density at radius 3 is 2.55 bits per heavy atom. The van der Waals surface area contributed by atoms with Gasteiger partial charge in [-0.2, -0.15) is 0 Å². The lowest BCUT2D eigenvalue weighted by Gasteiger charge is -2.13. The number of hydrogen-bond acceptors (Lipinski definition) is 5. The number of nitrogens with zero attached hydrogens (tertiary/aromatic N) is 2. The number of hydrogen-bond donors (Lipinski definition) is 2. The van der Waals surface area contributed by atoms with Gasteiger partial charge in [-0.15, -0.1) is 0 Å². The first-order valence-corrected chi connectivity index (χ1v) is 7.12. The van der Waals surface area contributed by atoms with Crippen LogP contribution in [0.3, 0.4) is 0 Å². The lowest BCUT2D eigenvalue weighted by atomic mass is 10.2. The van der Waals surface area contributed by atoms with Gasteiger partial charge in [0.15, 0.2) is 0 Å². The molecule has 20 heavy (non-hydrogen) atoms. The summed E-state index contributed by atoms with van der Waals surface area (Å²) in [4.78, 5) is 9.40. The van der Waals surface area contributed by atoms with Gasteiger partial charge in [-0.3, -0.25) is 0 Å². The number of nitrogens with one attached hydrogen (secondary N) is 1. The summed E-state index contributed by atoms with van der Waals surface area (Å²) >= 11 is 1.28. The molecule has 0 bridgehead atoms. The molecule has 3 N–H and O–H groups in total. The standard InChI is InChI=1S/C14H17FN4S/c1-8(2)12-17-13(19-16)9(3)14(18-12)20-11-7-5-4-6-10(11)15/h4-8H,16H2,1-3H3,(H,17,18,19). The van der Waals surface area contributed by atoms with Crippen molar-refractivity contribution >= 4 is 17.6 Å². The molecule has 2 aromatic rings. The van der Waals surface area contributed by atoms with E-state index in [9.17, 15) is 4.39 Å². The molecule has 106 valence electrons. The van der Waals surface area contributed by atoms with Crippen LogP contribution >= 0.6 is 11.8 Å². The third kappa shape index (κ3) is 3.08. The highest BCUT2D eigenvalue weighted by Crippen LogP contribution is 2.33. The maximum atomic E-state index is 13.7. The minimum atomic E-state index is -0.260. The zero-order chi connectivity index (χ0) is 14.7. The van der Waals surface area contributed by atoms with Crippen LogP contribution in [0.2, 0.25) is 0 Å². The van der Waals surface area contributed by atoms with Crippen molar-refractivity contribution in [2.24, 2.45) is 5.84 Å². The molecule has 0 aliphatic heterocycles. The predicted molar refractivity (Wildman–Crippen MR) is 79.2 cm³/mol. The third-order valence-electron chi connectivity index (χ3n) is 2.81. The van der Waals surface area contributed by atoms with Crippen molar-refractivity contribution < 1.29 is 4.39 Å². The Balaban J connectivity index is 2.45. The summed E-state index contributed by atoms with van der Waals surface area (Å²) in [5, 5.41) is 0.710. The fourth-order valence-electron chi connectivity index (χ4n) is 1.64. The lowest BCUT2D eigenvalue weighted by Crippen LogP contribution is -2.13. The van der Waals surface area contributed by atoms with Crippen molar-refractivity contribution in [1.82, 2.24) is 9.97 Å². The highest BCUT2D eigenvalue weighted by molar-refractivity contribution is 7.99. The summed E-state index contributed by atoms with van der Waals surface area (Å²) in [5.41, 5.74) is 3.38. The minimum absolute atomic E-state index is 0.169. The van der Waals surface area contributed by atoms with Crippen LogP contribution in [0.25, 0.3) is 0 Å². The summed E-state index contributed by atoms with van der Waals surface area (Å²) in [7, 11) is 0. The average molecular weight is 292 g/mol. The van der Waals surface area contributed by atoms with E-state index in [1.54, 1.807) is 18.2 Å². The molecule has 0 amide bonds. The molecule has 0 saturated heterocycles. The van der Waals surface area contributed by atoms with Gasteiger partial charge in [-0.05, 0) is 19.1 Å². The SMILES string of the molecule is Cc1c(NN)nc(C(C)C)nc1Sc1ccccc1F. The molecule has 1 heterocycles. The summed E-state index contributed by atoms with van der Waals surface area (Å²) in [6.07, 6.45) is 0. The number of nitrogen functional groups attached to an aromatic ring is 1. The number of rotatable bonds is 4. The lowest BCUT2D eigenvalue weighted by molar-refractivity contribution is 0.601. The molecule has 0 saturated carbocycles. The first-order valence-electron chi connectivity index (χ1n) is 6.30. The van der Waals surface area contributed by atoms with Crippen LogP contribution in [0.4, 0.5) is 10.2 Å². The number of aromatic nitrogens is 2. The summed E-state index contributed by atoms with van der Waals surface area (Å²) in [6, 6.07) is 6.63. The van der Waals surface area contributed by atoms with Crippen LogP contribution in [-0.4, -0.2) is 9.97 Å². The van der Waals surface area contributed by atoms with Gasteiger partial charge in [0.2, 0.25) is 0 Å². The molecule has 2 rings (SSSR count). The van der Waals surface area contributed by atoms with Gasteiger partial charge in [0.1, 0.15) is 22.5 Å². The van der Waals surface area contributed by atoms with E-state index in [1.807, 2.05) is 20.8 Å². The fraction of sp³-hybridized carbons (Fsp3) is 0.286. The number of hydrazine groups is 1. The Hall–Kier alpha value is -1.66. The highest BCUT2D eigenvalue weighted by Gasteiger charge is 2.14. The van der Waals surface area contributed by atoms with Crippen LogP contribution in [0.1, 0.15) is 31.2 Å². The molecule has 0 aliphatic rings. The normalized spacial score (nSPS) is 10.9. The number of halogens is 1. The summed E-state index contributed by atoms with van der Waals surface area (Å²) in [5.74, 6) is 6.65. The molecule has 0 unspecified atom stereocenters. The van der Waals surface area contributed by atoms with Gasteiger partial charge < -0.3 is 5.43 Å². The fourth-order valence-corrected chi connectivity index (χ4v) is 2.55. The molecule has 1 aromatic carbocycles. The van der Waals surface area contributed by atoms with Crippen LogP contribution < -0.4 is 11.3 Å². The molecule has 0 radical (unpaired) electrons. The van der Waals surface area contributed by atoms with Crippen molar-refractivity contribution in [2.75, 3.05) is 5.43 Å². The quantitative estimate of drug-likeness (QED) is 0.513. The maximum Gasteiger partial charge on any atom is 0.147 e. The molecule has 1 aromatic heterocycles. The topological polar surface area (TPSA) is 63.8 Å². The van der Waals surface area contributed by atoms with Gasteiger partial charge in [0.25, 0.3) is 0 Å². The van der Waals surface area contributed by atoms with Gasteiger partial charge in [0, 0.05) is 16.4 Å². The molecule has 0 fully saturated rings. The Kier molecular flexibility index (Phi) is 4.57. The van der Waals surface area contributed by atoms with E-state index in [-0.39, 0.29) is 11.7 Å². The molecule has 0 spiro atoms. The van der Waals surface area contributed by atoms with Crippen molar-refractivity contribution in [2.45, 2.75) is 36.6 Å². The zero-order valence-corrected chi connectivity index (χ0v) is 12.5. The number of nitrogens with two attached hydrogens (primary N) is 1. The second kappa shape index (κ2) is 6.19. The Morgan fingerprint density at radius 1 is 1.25 bits per heavy atom. The number of benzene rings is 1. The van der Waals surface area contributed by atoms with Crippen LogP contribution in [0.15, 0.2) is 34.2 Å². The third-order valence-corrected chi connectivity index (χ3v) is 3.96. The smallest absolute Gasteiger partial charge is 0.147 e. The van der Waals surface area contributed by atoms with Crippen LogP contribution in [0, 0.1) is 12.7 Å². The molecule has 4 nitrogen and oxygen atoms in total. The predicted octanol–water partition coefficient (Wildman–Crippen LogP) is 3.48. The van der Waals surface area contributed by atoms with Gasteiger partial charge in [0.05, 0.1) is 0 Å². The van der Waals surface area contributed by atoms with Gasteiger partial charge in [-0.25, -0.2) is 20.2 Å². The Morgan fingerprint density at radius 2 is 1.95 bits per heavy atom. The molecule has 0 atom stereocenters. The second-order valence-electron chi connectivity index (χ2n) is 4.69. The van der Waals surface area contributed by atoms with Crippen molar-refractivity contribution in [3.63, 3.8) is 0 Å². The molecule has 0 aliphatic carbocycles.